The summed E-state index contributed by atoms with van der Waals surface area (Å²) in [7, 11) is 0. The lowest BCUT2D eigenvalue weighted by atomic mass is 9.99. The van der Waals surface area contributed by atoms with E-state index < -0.39 is 67.4 Å². The Bertz CT molecular complexity index is 1310. The number of esters is 1. The average molecular weight is 1020 g/mol. The Labute approximate surface area is 441 Å². The van der Waals surface area contributed by atoms with Gasteiger partial charge in [0, 0.05) is 6.42 Å². The normalized spacial score (nSPS) is 19.7. The molecular formula is C61H113NO10. The van der Waals surface area contributed by atoms with Gasteiger partial charge in [0.15, 0.2) is 12.4 Å². The number of carbonyl (C=O) groups is 2. The molecule has 1 heterocycles. The van der Waals surface area contributed by atoms with Gasteiger partial charge < -0.3 is 45.1 Å². The fourth-order valence-electron chi connectivity index (χ4n) is 9.41. The largest absolute Gasteiger partial charge is 0.454 e. The minimum Gasteiger partial charge on any atom is -0.454 e. The number of hydrogen-bond acceptors (Lipinski definition) is 10. The third-order valence-corrected chi connectivity index (χ3v) is 14.3. The van der Waals surface area contributed by atoms with Crippen molar-refractivity contribution < 1.29 is 49.3 Å². The molecule has 0 aliphatic carbocycles. The number of amides is 1. The van der Waals surface area contributed by atoms with Gasteiger partial charge in [-0.25, -0.2) is 0 Å². The summed E-state index contributed by atoms with van der Waals surface area (Å²) in [6, 6.07) is -1.02. The number of nitrogens with one attached hydrogen (secondary N) is 1. The summed E-state index contributed by atoms with van der Waals surface area (Å²) in [6.45, 7) is 5.77. The third-order valence-electron chi connectivity index (χ3n) is 14.3. The molecule has 72 heavy (non-hydrogen) atoms. The van der Waals surface area contributed by atoms with Gasteiger partial charge in [0.2, 0.25) is 5.91 Å². The molecule has 11 heteroatoms. The van der Waals surface area contributed by atoms with E-state index in [0.717, 1.165) is 70.6 Å². The number of hydrogen-bond donors (Lipinski definition) is 6. The third kappa shape index (κ3) is 37.6. The van der Waals surface area contributed by atoms with Crippen LogP contribution in [-0.4, -0.2) is 99.6 Å². The van der Waals surface area contributed by atoms with E-state index >= 15 is 0 Å². The van der Waals surface area contributed by atoms with Gasteiger partial charge >= 0.3 is 5.97 Å². The summed E-state index contributed by atoms with van der Waals surface area (Å²) in [4.78, 5) is 26.5. The monoisotopic (exact) mass is 1020 g/mol. The van der Waals surface area contributed by atoms with E-state index in [9.17, 15) is 35.1 Å². The number of allylic oxidation sites excluding steroid dienone is 5. The van der Waals surface area contributed by atoms with Gasteiger partial charge in [-0.2, -0.15) is 0 Å². The fraction of sp³-hybridized carbons (Fsp3) is 0.869. The smallest absolute Gasteiger partial charge is 0.306 e. The standard InChI is InChI=1S/C61H113NO10/c1-4-7-10-13-16-19-22-25-26-27-28-29-31-33-36-39-42-45-48-54(65)60(69)62-52(53(64)47-44-41-38-35-32-24-21-18-15-12-9-6-3)51-70-61-59(58(68)57(67)55(50-63)71-61)72-56(66)49-46-43-40-37-34-30-23-20-17-14-11-8-5-2/h25-26,30,34,44,47,52-55,57-59,61,63-65,67-68H,4-24,27-29,31-33,35-43,45-46,48-51H2,1-3H3,(H,62,69)/b26-25+,34-30-,47-44+. The number of ether oxygens (including phenoxy) is 3. The first kappa shape index (κ1) is 67.9. The zero-order valence-electron chi connectivity index (χ0n) is 46.6. The van der Waals surface area contributed by atoms with Crippen molar-refractivity contribution in [3.63, 3.8) is 0 Å². The maximum Gasteiger partial charge on any atom is 0.306 e. The molecule has 0 radical (unpaired) electrons. The predicted molar refractivity (Wildman–Crippen MR) is 297 cm³/mol. The number of unbranched alkanes of at least 4 members (excludes halogenated alkanes) is 33. The Hall–Kier alpha value is -2.12. The van der Waals surface area contributed by atoms with Gasteiger partial charge in [0.25, 0.3) is 0 Å². The van der Waals surface area contributed by atoms with Gasteiger partial charge in [-0.1, -0.05) is 231 Å². The summed E-state index contributed by atoms with van der Waals surface area (Å²) in [6.07, 6.45) is 47.6. The zero-order chi connectivity index (χ0) is 52.5. The Morgan fingerprint density at radius 2 is 0.917 bits per heavy atom. The highest BCUT2D eigenvalue weighted by Gasteiger charge is 2.47. The van der Waals surface area contributed by atoms with E-state index in [-0.39, 0.29) is 19.4 Å². The predicted octanol–water partition coefficient (Wildman–Crippen LogP) is 13.9. The molecule has 422 valence electrons. The molecule has 8 atom stereocenters. The van der Waals surface area contributed by atoms with Crippen LogP contribution in [0.1, 0.15) is 278 Å². The van der Waals surface area contributed by atoms with E-state index in [1.807, 2.05) is 6.08 Å². The van der Waals surface area contributed by atoms with Crippen LogP contribution in [0, 0.1) is 0 Å². The van der Waals surface area contributed by atoms with Crippen LogP contribution in [0.3, 0.4) is 0 Å². The van der Waals surface area contributed by atoms with Crippen LogP contribution < -0.4 is 5.32 Å². The van der Waals surface area contributed by atoms with Crippen LogP contribution >= 0.6 is 0 Å². The van der Waals surface area contributed by atoms with Crippen LogP contribution in [0.4, 0.5) is 0 Å². The van der Waals surface area contributed by atoms with Crippen molar-refractivity contribution in [2.75, 3.05) is 13.2 Å². The average Bonchev–Trinajstić information content (AvgIpc) is 3.38. The second-order valence-corrected chi connectivity index (χ2v) is 21.1. The van der Waals surface area contributed by atoms with Crippen molar-refractivity contribution in [2.45, 2.75) is 327 Å². The van der Waals surface area contributed by atoms with Crippen molar-refractivity contribution in [3.05, 3.63) is 36.5 Å². The Morgan fingerprint density at radius 3 is 1.35 bits per heavy atom. The van der Waals surface area contributed by atoms with Crippen LogP contribution in [-0.2, 0) is 23.8 Å². The van der Waals surface area contributed by atoms with E-state index in [1.165, 1.54) is 161 Å². The van der Waals surface area contributed by atoms with E-state index in [4.69, 9.17) is 14.2 Å². The van der Waals surface area contributed by atoms with Crippen molar-refractivity contribution in [2.24, 2.45) is 0 Å². The Kier molecular flexibility index (Phi) is 46.9. The van der Waals surface area contributed by atoms with Crippen molar-refractivity contribution >= 4 is 11.9 Å². The SMILES string of the molecule is CCCCCCCC/C=C\CCCCCC(=O)OC1C(OCC(NC(=O)C(O)CCCCCCCCCC/C=C/CCCCCCCC)C(O)/C=C/CCCCCCCCCCCC)OC(CO)C(O)C1O. The van der Waals surface area contributed by atoms with Gasteiger partial charge in [0.1, 0.15) is 24.4 Å². The lowest BCUT2D eigenvalue weighted by Gasteiger charge is -2.41. The van der Waals surface area contributed by atoms with Crippen molar-refractivity contribution in [1.82, 2.24) is 5.32 Å². The molecular weight excluding hydrogens is 907 g/mol. The summed E-state index contributed by atoms with van der Waals surface area (Å²) >= 11 is 0. The summed E-state index contributed by atoms with van der Waals surface area (Å²) in [5, 5.41) is 56.9. The maximum atomic E-state index is 13.4. The number of aliphatic hydroxyl groups is 5. The molecule has 0 aromatic carbocycles. The number of rotatable bonds is 51. The first-order chi connectivity index (χ1) is 35.2. The maximum absolute atomic E-state index is 13.4. The molecule has 11 nitrogen and oxygen atoms in total. The zero-order valence-corrected chi connectivity index (χ0v) is 46.6. The van der Waals surface area contributed by atoms with Crippen LogP contribution in [0.25, 0.3) is 0 Å². The second-order valence-electron chi connectivity index (χ2n) is 21.1. The molecule has 0 aromatic rings. The second kappa shape index (κ2) is 49.7. The topological polar surface area (TPSA) is 175 Å². The van der Waals surface area contributed by atoms with Gasteiger partial charge in [-0.05, 0) is 77.0 Å². The number of aliphatic hydroxyl groups excluding tert-OH is 5. The van der Waals surface area contributed by atoms with Crippen molar-refractivity contribution in [3.8, 4) is 0 Å². The minimum atomic E-state index is -1.62. The summed E-state index contributed by atoms with van der Waals surface area (Å²) in [5.74, 6) is -1.21. The van der Waals surface area contributed by atoms with Gasteiger partial charge in [-0.15, -0.1) is 0 Å². The first-order valence-corrected chi connectivity index (χ1v) is 30.3. The van der Waals surface area contributed by atoms with E-state index in [2.05, 4.69) is 50.4 Å². The molecule has 1 fully saturated rings. The molecule has 1 amide bonds. The van der Waals surface area contributed by atoms with E-state index in [1.54, 1.807) is 6.08 Å². The molecule has 8 unspecified atom stereocenters. The molecule has 0 bridgehead atoms. The van der Waals surface area contributed by atoms with Gasteiger partial charge in [-0.3, -0.25) is 9.59 Å². The molecule has 1 rings (SSSR count). The fourth-order valence-corrected chi connectivity index (χ4v) is 9.41. The van der Waals surface area contributed by atoms with Crippen LogP contribution in [0.2, 0.25) is 0 Å². The molecule has 0 saturated carbocycles. The highest BCUT2D eigenvalue weighted by Crippen LogP contribution is 2.26. The Balaban J connectivity index is 2.70. The molecule has 1 aliphatic rings. The first-order valence-electron chi connectivity index (χ1n) is 30.3. The molecule has 1 aliphatic heterocycles. The minimum absolute atomic E-state index is 0.105. The van der Waals surface area contributed by atoms with E-state index in [0.29, 0.717) is 12.8 Å². The highest BCUT2D eigenvalue weighted by molar-refractivity contribution is 5.80. The Morgan fingerprint density at radius 1 is 0.528 bits per heavy atom. The summed E-state index contributed by atoms with van der Waals surface area (Å²) < 4.78 is 17.6. The van der Waals surface area contributed by atoms with Crippen molar-refractivity contribution in [1.29, 1.82) is 0 Å². The van der Waals surface area contributed by atoms with Crippen LogP contribution in [0.15, 0.2) is 36.5 Å². The molecule has 1 saturated heterocycles. The quantitative estimate of drug-likeness (QED) is 0.0195. The lowest BCUT2D eigenvalue weighted by molar-refractivity contribution is -0.305. The lowest BCUT2D eigenvalue weighted by Crippen LogP contribution is -2.61. The molecule has 0 aromatic heterocycles. The number of carbonyl (C=O) groups excluding carboxylic acids is 2. The highest BCUT2D eigenvalue weighted by atomic mass is 16.7. The summed E-state index contributed by atoms with van der Waals surface area (Å²) in [5.41, 5.74) is 0. The van der Waals surface area contributed by atoms with Crippen LogP contribution in [0.5, 0.6) is 0 Å². The molecule has 6 N–H and O–H groups in total. The molecule has 0 spiro atoms. The van der Waals surface area contributed by atoms with Gasteiger partial charge in [0.05, 0.1) is 25.4 Å².